The number of halogens is 3. The van der Waals surface area contributed by atoms with Gasteiger partial charge in [-0.25, -0.2) is 13.5 Å². The van der Waals surface area contributed by atoms with E-state index in [0.717, 1.165) is 12.1 Å². The Labute approximate surface area is 152 Å². The fraction of sp³-hybridized carbons (Fsp3) is 0.118. The SMILES string of the molecule is COc1ccc(-n2nnc(C(=O)Nc3ccc(F)cc3F)c2C)cc1Cl. The molecule has 0 spiro atoms. The van der Waals surface area contributed by atoms with Crippen LogP contribution in [0.4, 0.5) is 14.5 Å². The molecule has 1 amide bonds. The van der Waals surface area contributed by atoms with E-state index in [9.17, 15) is 13.6 Å². The largest absolute Gasteiger partial charge is 0.495 e. The average molecular weight is 379 g/mol. The van der Waals surface area contributed by atoms with Crippen LogP contribution in [0.25, 0.3) is 5.69 Å². The maximum Gasteiger partial charge on any atom is 0.278 e. The third-order valence-electron chi connectivity index (χ3n) is 3.67. The van der Waals surface area contributed by atoms with Gasteiger partial charge in [0.15, 0.2) is 5.69 Å². The Morgan fingerprint density at radius 2 is 2.00 bits per heavy atom. The molecule has 0 bridgehead atoms. The van der Waals surface area contributed by atoms with Crippen LogP contribution in [0, 0.1) is 18.6 Å². The van der Waals surface area contributed by atoms with Crippen LogP contribution in [-0.2, 0) is 0 Å². The van der Waals surface area contributed by atoms with Crippen LogP contribution in [0.1, 0.15) is 16.2 Å². The molecule has 0 aliphatic carbocycles. The number of hydrogen-bond donors (Lipinski definition) is 1. The summed E-state index contributed by atoms with van der Waals surface area (Å²) >= 11 is 6.10. The standard InChI is InChI=1S/C17H13ClF2N4O2/c1-9-16(17(25)21-14-5-3-10(19)7-13(14)20)22-23-24(9)11-4-6-15(26-2)12(18)8-11/h3-8H,1-2H3,(H,21,25). The first-order valence-corrected chi connectivity index (χ1v) is 7.81. The van der Waals surface area contributed by atoms with Gasteiger partial charge in [0.1, 0.15) is 17.4 Å². The van der Waals surface area contributed by atoms with E-state index in [0.29, 0.717) is 28.2 Å². The zero-order valence-corrected chi connectivity index (χ0v) is 14.5. The van der Waals surface area contributed by atoms with E-state index in [1.54, 1.807) is 25.1 Å². The lowest BCUT2D eigenvalue weighted by Gasteiger charge is -2.08. The van der Waals surface area contributed by atoms with Crippen LogP contribution in [0.2, 0.25) is 5.02 Å². The Kier molecular flexibility index (Phi) is 4.85. The second-order valence-electron chi connectivity index (χ2n) is 5.33. The lowest BCUT2D eigenvalue weighted by molar-refractivity contribution is 0.102. The molecule has 0 unspecified atom stereocenters. The highest BCUT2D eigenvalue weighted by atomic mass is 35.5. The molecule has 6 nitrogen and oxygen atoms in total. The van der Waals surface area contributed by atoms with Crippen LogP contribution < -0.4 is 10.1 Å². The minimum Gasteiger partial charge on any atom is -0.495 e. The molecular formula is C17H13ClF2N4O2. The number of methoxy groups -OCH3 is 1. The summed E-state index contributed by atoms with van der Waals surface area (Å²) in [5.74, 6) is -1.79. The molecule has 0 saturated heterocycles. The van der Waals surface area contributed by atoms with Gasteiger partial charge >= 0.3 is 0 Å². The van der Waals surface area contributed by atoms with Crippen LogP contribution in [-0.4, -0.2) is 28.0 Å². The quantitative estimate of drug-likeness (QED) is 0.750. The first-order valence-electron chi connectivity index (χ1n) is 7.43. The lowest BCUT2D eigenvalue weighted by Crippen LogP contribution is -2.15. The summed E-state index contributed by atoms with van der Waals surface area (Å²) in [4.78, 5) is 12.4. The zero-order chi connectivity index (χ0) is 18.8. The van der Waals surface area contributed by atoms with Gasteiger partial charge in [0.2, 0.25) is 0 Å². The Morgan fingerprint density at radius 1 is 1.23 bits per heavy atom. The highest BCUT2D eigenvalue weighted by Gasteiger charge is 2.19. The van der Waals surface area contributed by atoms with Crippen molar-refractivity contribution in [2.45, 2.75) is 6.92 Å². The second kappa shape index (κ2) is 7.09. The number of aromatic nitrogens is 3. The molecule has 0 fully saturated rings. The van der Waals surface area contributed by atoms with Crippen LogP contribution in [0.15, 0.2) is 36.4 Å². The Hall–Kier alpha value is -3.00. The fourth-order valence-corrected chi connectivity index (χ4v) is 2.60. The zero-order valence-electron chi connectivity index (χ0n) is 13.8. The first kappa shape index (κ1) is 17.8. The Morgan fingerprint density at radius 3 is 2.65 bits per heavy atom. The Balaban J connectivity index is 1.88. The molecule has 0 atom stereocenters. The summed E-state index contributed by atoms with van der Waals surface area (Å²) in [6, 6.07) is 7.83. The number of carbonyl (C=O) groups excluding carboxylic acids is 1. The van der Waals surface area contributed by atoms with Gasteiger partial charge in [-0.3, -0.25) is 4.79 Å². The summed E-state index contributed by atoms with van der Waals surface area (Å²) < 4.78 is 33.2. The van der Waals surface area contributed by atoms with Crippen molar-refractivity contribution in [1.82, 2.24) is 15.0 Å². The minimum atomic E-state index is -0.884. The van der Waals surface area contributed by atoms with E-state index >= 15 is 0 Å². The van der Waals surface area contributed by atoms with Gasteiger partial charge in [-0.1, -0.05) is 16.8 Å². The minimum absolute atomic E-state index is 0.000616. The van der Waals surface area contributed by atoms with E-state index in [1.165, 1.54) is 11.8 Å². The van der Waals surface area contributed by atoms with Gasteiger partial charge < -0.3 is 10.1 Å². The lowest BCUT2D eigenvalue weighted by atomic mass is 10.2. The van der Waals surface area contributed by atoms with E-state index in [1.807, 2.05) is 0 Å². The molecule has 3 aromatic rings. The summed E-state index contributed by atoms with van der Waals surface area (Å²) in [6.07, 6.45) is 0. The van der Waals surface area contributed by atoms with Gasteiger partial charge in [0.25, 0.3) is 5.91 Å². The molecule has 26 heavy (non-hydrogen) atoms. The number of carbonyl (C=O) groups is 1. The predicted octanol–water partition coefficient (Wildman–Crippen LogP) is 3.77. The molecule has 0 aliphatic heterocycles. The van der Waals surface area contributed by atoms with Crippen molar-refractivity contribution < 1.29 is 18.3 Å². The molecule has 9 heteroatoms. The molecule has 0 radical (unpaired) electrons. The van der Waals surface area contributed by atoms with Crippen molar-refractivity contribution in [3.8, 4) is 11.4 Å². The van der Waals surface area contributed by atoms with E-state index in [2.05, 4.69) is 15.6 Å². The number of anilines is 1. The molecule has 134 valence electrons. The number of rotatable bonds is 4. The smallest absolute Gasteiger partial charge is 0.278 e. The van der Waals surface area contributed by atoms with E-state index in [-0.39, 0.29) is 11.4 Å². The third-order valence-corrected chi connectivity index (χ3v) is 3.96. The maximum absolute atomic E-state index is 13.7. The molecule has 2 aromatic carbocycles. The molecule has 1 heterocycles. The molecule has 0 aliphatic rings. The molecule has 3 rings (SSSR count). The van der Waals surface area contributed by atoms with Crippen LogP contribution in [0.3, 0.4) is 0 Å². The number of benzene rings is 2. The third kappa shape index (κ3) is 3.36. The summed E-state index contributed by atoms with van der Waals surface area (Å²) in [5, 5.41) is 10.5. The summed E-state index contributed by atoms with van der Waals surface area (Å²) in [5.41, 5.74) is 0.845. The number of ether oxygens (including phenoxy) is 1. The van der Waals surface area contributed by atoms with Crippen LogP contribution in [0.5, 0.6) is 5.75 Å². The molecule has 1 N–H and O–H groups in total. The fourth-order valence-electron chi connectivity index (χ4n) is 2.34. The van der Waals surface area contributed by atoms with Crippen molar-refractivity contribution in [1.29, 1.82) is 0 Å². The molecule has 1 aromatic heterocycles. The van der Waals surface area contributed by atoms with Gasteiger partial charge in [-0.2, -0.15) is 0 Å². The van der Waals surface area contributed by atoms with Crippen molar-refractivity contribution in [3.63, 3.8) is 0 Å². The molecular weight excluding hydrogens is 366 g/mol. The normalized spacial score (nSPS) is 10.7. The van der Waals surface area contributed by atoms with Crippen molar-refractivity contribution in [3.05, 3.63) is 64.4 Å². The van der Waals surface area contributed by atoms with E-state index < -0.39 is 17.5 Å². The number of nitrogens with zero attached hydrogens (tertiary/aromatic N) is 3. The molecule has 0 saturated carbocycles. The summed E-state index contributed by atoms with van der Waals surface area (Å²) in [6.45, 7) is 1.63. The number of hydrogen-bond acceptors (Lipinski definition) is 4. The van der Waals surface area contributed by atoms with Crippen molar-refractivity contribution in [2.75, 3.05) is 12.4 Å². The first-order chi connectivity index (χ1) is 12.4. The monoisotopic (exact) mass is 378 g/mol. The van der Waals surface area contributed by atoms with Crippen LogP contribution >= 0.6 is 11.6 Å². The topological polar surface area (TPSA) is 69.0 Å². The maximum atomic E-state index is 13.7. The van der Waals surface area contributed by atoms with Gasteiger partial charge in [0, 0.05) is 6.07 Å². The highest BCUT2D eigenvalue weighted by Crippen LogP contribution is 2.27. The summed E-state index contributed by atoms with van der Waals surface area (Å²) in [7, 11) is 1.50. The number of nitrogens with one attached hydrogen (secondary N) is 1. The van der Waals surface area contributed by atoms with E-state index in [4.69, 9.17) is 16.3 Å². The Bertz CT molecular complexity index is 991. The van der Waals surface area contributed by atoms with Crippen molar-refractivity contribution in [2.24, 2.45) is 0 Å². The van der Waals surface area contributed by atoms with Crippen molar-refractivity contribution >= 4 is 23.2 Å². The number of amides is 1. The van der Waals surface area contributed by atoms with Gasteiger partial charge in [-0.15, -0.1) is 5.10 Å². The average Bonchev–Trinajstić information content (AvgIpc) is 2.99. The predicted molar refractivity (Wildman–Crippen MR) is 92.0 cm³/mol. The van der Waals surface area contributed by atoms with Gasteiger partial charge in [-0.05, 0) is 37.3 Å². The van der Waals surface area contributed by atoms with Gasteiger partial charge in [0.05, 0.1) is 29.2 Å². The highest BCUT2D eigenvalue weighted by molar-refractivity contribution is 6.32. The second-order valence-corrected chi connectivity index (χ2v) is 5.74.